The van der Waals surface area contributed by atoms with E-state index in [4.69, 9.17) is 4.74 Å². The van der Waals surface area contributed by atoms with Gasteiger partial charge in [-0.05, 0) is 55.8 Å². The number of thioether (sulfide) groups is 1. The van der Waals surface area contributed by atoms with Crippen LogP contribution in [-0.4, -0.2) is 38.0 Å². The first-order chi connectivity index (χ1) is 15.0. The van der Waals surface area contributed by atoms with Crippen molar-refractivity contribution in [1.29, 1.82) is 0 Å². The van der Waals surface area contributed by atoms with Gasteiger partial charge in [-0.15, -0.1) is 0 Å². The summed E-state index contributed by atoms with van der Waals surface area (Å²) in [7, 11) is 0. The minimum Gasteiger partial charge on any atom is -0.494 e. The summed E-state index contributed by atoms with van der Waals surface area (Å²) in [6.45, 7) is 4.48. The number of nitrogens with one attached hydrogen (secondary N) is 2. The van der Waals surface area contributed by atoms with Gasteiger partial charge in [-0.2, -0.15) is 5.10 Å². The number of amides is 1. The predicted octanol–water partition coefficient (Wildman–Crippen LogP) is 3.55. The van der Waals surface area contributed by atoms with Gasteiger partial charge in [0.2, 0.25) is 5.91 Å². The molecular weight excluding hydrogens is 414 g/mol. The zero-order valence-corrected chi connectivity index (χ0v) is 17.9. The van der Waals surface area contributed by atoms with E-state index in [9.17, 15) is 9.59 Å². The Morgan fingerprint density at radius 2 is 2.03 bits per heavy atom. The Balaban J connectivity index is 1.49. The Hall–Kier alpha value is -3.59. The van der Waals surface area contributed by atoms with Crippen LogP contribution < -0.4 is 15.6 Å². The van der Waals surface area contributed by atoms with E-state index in [1.165, 1.54) is 6.20 Å². The Bertz CT molecular complexity index is 1280. The standard InChI is InChI=1S/C22H21N5O3S/c1-3-30-17-9-7-15(8-10-17)24-19(28)13-31-22-25-20-18(21(29)26-22)12-23-27(20)16-6-4-5-14(2)11-16/h4-12H,3,13H2,1-2H3,(H,24,28)(H,25,26,29). The summed E-state index contributed by atoms with van der Waals surface area (Å²) < 4.78 is 7.02. The number of carbonyl (C=O) groups is 1. The fraction of sp³-hybridized carbons (Fsp3) is 0.182. The van der Waals surface area contributed by atoms with Crippen LogP contribution in [0.25, 0.3) is 16.7 Å². The first-order valence-corrected chi connectivity index (χ1v) is 10.7. The maximum Gasteiger partial charge on any atom is 0.262 e. The molecule has 0 atom stereocenters. The number of hydrogen-bond donors (Lipinski definition) is 2. The minimum absolute atomic E-state index is 0.0975. The fourth-order valence-corrected chi connectivity index (χ4v) is 3.70. The molecule has 158 valence electrons. The molecule has 0 aliphatic rings. The lowest BCUT2D eigenvalue weighted by atomic mass is 10.2. The van der Waals surface area contributed by atoms with Crippen LogP contribution in [0.15, 0.2) is 64.7 Å². The average Bonchev–Trinajstić information content (AvgIpc) is 3.18. The van der Waals surface area contributed by atoms with Crippen molar-refractivity contribution in [2.24, 2.45) is 0 Å². The van der Waals surface area contributed by atoms with E-state index < -0.39 is 0 Å². The number of ether oxygens (including phenoxy) is 1. The van der Waals surface area contributed by atoms with Crippen LogP contribution in [-0.2, 0) is 4.79 Å². The van der Waals surface area contributed by atoms with Crippen LogP contribution in [0.2, 0.25) is 0 Å². The third-order valence-electron chi connectivity index (χ3n) is 4.45. The summed E-state index contributed by atoms with van der Waals surface area (Å²) in [5, 5.41) is 7.88. The molecule has 2 aromatic carbocycles. The average molecular weight is 436 g/mol. The summed E-state index contributed by atoms with van der Waals surface area (Å²) >= 11 is 1.15. The zero-order chi connectivity index (χ0) is 21.8. The minimum atomic E-state index is -0.293. The molecule has 0 aliphatic carbocycles. The van der Waals surface area contributed by atoms with Crippen molar-refractivity contribution in [3.8, 4) is 11.4 Å². The smallest absolute Gasteiger partial charge is 0.262 e. The number of aromatic nitrogens is 4. The SMILES string of the molecule is CCOc1ccc(NC(=O)CSc2nc3c(cnn3-c3cccc(C)c3)c(=O)[nH]2)cc1. The summed E-state index contributed by atoms with van der Waals surface area (Å²) in [5.74, 6) is 0.638. The van der Waals surface area contributed by atoms with Crippen molar-refractivity contribution in [2.45, 2.75) is 19.0 Å². The largest absolute Gasteiger partial charge is 0.494 e. The second-order valence-corrected chi connectivity index (χ2v) is 7.76. The Kier molecular flexibility index (Phi) is 6.03. The summed E-state index contributed by atoms with van der Waals surface area (Å²) in [6, 6.07) is 14.9. The normalized spacial score (nSPS) is 10.9. The summed E-state index contributed by atoms with van der Waals surface area (Å²) in [5.41, 5.74) is 2.72. The van der Waals surface area contributed by atoms with Gasteiger partial charge in [-0.1, -0.05) is 23.9 Å². The molecular formula is C22H21N5O3S. The van der Waals surface area contributed by atoms with Crippen molar-refractivity contribution < 1.29 is 9.53 Å². The second kappa shape index (κ2) is 9.05. The van der Waals surface area contributed by atoms with E-state index in [1.807, 2.05) is 38.1 Å². The highest BCUT2D eigenvalue weighted by Gasteiger charge is 2.13. The van der Waals surface area contributed by atoms with Gasteiger partial charge in [0.15, 0.2) is 10.8 Å². The summed E-state index contributed by atoms with van der Waals surface area (Å²) in [6.07, 6.45) is 1.50. The van der Waals surface area contributed by atoms with Crippen molar-refractivity contribution in [3.63, 3.8) is 0 Å². The van der Waals surface area contributed by atoms with E-state index in [-0.39, 0.29) is 17.2 Å². The molecule has 0 unspecified atom stereocenters. The van der Waals surface area contributed by atoms with Crippen molar-refractivity contribution >= 4 is 34.4 Å². The van der Waals surface area contributed by atoms with Crippen LogP contribution >= 0.6 is 11.8 Å². The molecule has 0 radical (unpaired) electrons. The number of aryl methyl sites for hydroxylation is 1. The third-order valence-corrected chi connectivity index (χ3v) is 5.32. The Morgan fingerprint density at radius 1 is 1.23 bits per heavy atom. The first kappa shape index (κ1) is 20.7. The van der Waals surface area contributed by atoms with E-state index >= 15 is 0 Å². The molecule has 0 fully saturated rings. The highest BCUT2D eigenvalue weighted by atomic mass is 32.2. The molecule has 31 heavy (non-hydrogen) atoms. The van der Waals surface area contributed by atoms with E-state index in [2.05, 4.69) is 20.4 Å². The highest BCUT2D eigenvalue weighted by Crippen LogP contribution is 2.20. The molecule has 2 heterocycles. The lowest BCUT2D eigenvalue weighted by molar-refractivity contribution is -0.113. The van der Waals surface area contributed by atoms with Crippen molar-refractivity contribution in [3.05, 3.63) is 70.6 Å². The number of H-pyrrole nitrogens is 1. The van der Waals surface area contributed by atoms with Crippen molar-refractivity contribution in [2.75, 3.05) is 17.7 Å². The molecule has 0 bridgehead atoms. The maximum absolute atomic E-state index is 12.5. The van der Waals surface area contributed by atoms with Gasteiger partial charge in [0.25, 0.3) is 5.56 Å². The van der Waals surface area contributed by atoms with Crippen LogP contribution in [0.4, 0.5) is 5.69 Å². The number of anilines is 1. The molecule has 4 rings (SSSR count). The molecule has 0 saturated heterocycles. The molecule has 0 aliphatic heterocycles. The fourth-order valence-electron chi connectivity index (χ4n) is 3.05. The van der Waals surface area contributed by atoms with Crippen LogP contribution in [0.5, 0.6) is 5.75 Å². The van der Waals surface area contributed by atoms with Gasteiger partial charge in [0.05, 0.1) is 24.2 Å². The monoisotopic (exact) mass is 435 g/mol. The number of fused-ring (bicyclic) bond motifs is 1. The molecule has 2 aromatic heterocycles. The molecule has 0 spiro atoms. The van der Waals surface area contributed by atoms with Gasteiger partial charge in [-0.25, -0.2) is 9.67 Å². The van der Waals surface area contributed by atoms with Crippen LogP contribution in [0, 0.1) is 6.92 Å². The number of rotatable bonds is 7. The van der Waals surface area contributed by atoms with Crippen LogP contribution in [0.1, 0.15) is 12.5 Å². The lowest BCUT2D eigenvalue weighted by Crippen LogP contribution is -2.15. The Morgan fingerprint density at radius 3 is 2.77 bits per heavy atom. The number of hydrogen-bond acceptors (Lipinski definition) is 6. The molecule has 2 N–H and O–H groups in total. The molecule has 1 amide bonds. The maximum atomic E-state index is 12.5. The van der Waals surface area contributed by atoms with Gasteiger partial charge < -0.3 is 15.0 Å². The van der Waals surface area contributed by atoms with Gasteiger partial charge in [-0.3, -0.25) is 9.59 Å². The van der Waals surface area contributed by atoms with Crippen molar-refractivity contribution in [1.82, 2.24) is 19.7 Å². The van der Waals surface area contributed by atoms with Gasteiger partial charge in [0, 0.05) is 5.69 Å². The number of nitrogens with zero attached hydrogens (tertiary/aromatic N) is 3. The molecule has 0 saturated carbocycles. The summed E-state index contributed by atoms with van der Waals surface area (Å²) in [4.78, 5) is 32.0. The molecule has 4 aromatic rings. The number of benzene rings is 2. The second-order valence-electron chi connectivity index (χ2n) is 6.80. The quantitative estimate of drug-likeness (QED) is 0.340. The third kappa shape index (κ3) is 4.77. The topological polar surface area (TPSA) is 102 Å². The van der Waals surface area contributed by atoms with Gasteiger partial charge >= 0.3 is 0 Å². The van der Waals surface area contributed by atoms with E-state index in [0.717, 1.165) is 28.8 Å². The van der Waals surface area contributed by atoms with Crippen LogP contribution in [0.3, 0.4) is 0 Å². The highest BCUT2D eigenvalue weighted by molar-refractivity contribution is 7.99. The van der Waals surface area contributed by atoms with E-state index in [0.29, 0.717) is 28.5 Å². The predicted molar refractivity (Wildman–Crippen MR) is 121 cm³/mol. The molecule has 8 nitrogen and oxygen atoms in total. The Labute approximate surface area is 182 Å². The zero-order valence-electron chi connectivity index (χ0n) is 17.1. The lowest BCUT2D eigenvalue weighted by Gasteiger charge is -2.07. The number of aromatic amines is 1. The first-order valence-electron chi connectivity index (χ1n) is 9.74. The van der Waals surface area contributed by atoms with E-state index in [1.54, 1.807) is 28.9 Å². The van der Waals surface area contributed by atoms with Gasteiger partial charge in [0.1, 0.15) is 11.1 Å². The number of carbonyl (C=O) groups excluding carboxylic acids is 1. The molecule has 9 heteroatoms.